The summed E-state index contributed by atoms with van der Waals surface area (Å²) in [5.41, 5.74) is 1.94. The molecule has 3 rings (SSSR count). The van der Waals surface area contributed by atoms with Gasteiger partial charge < -0.3 is 9.09 Å². The Morgan fingerprint density at radius 3 is 2.89 bits per heavy atom. The van der Waals surface area contributed by atoms with Gasteiger partial charge in [-0.3, -0.25) is 0 Å². The van der Waals surface area contributed by atoms with Crippen molar-refractivity contribution in [1.29, 1.82) is 0 Å². The first-order valence-corrected chi connectivity index (χ1v) is 6.39. The zero-order valence-electron chi connectivity index (χ0n) is 9.61. The number of alkyl halides is 1. The number of imidazole rings is 1. The topological polar surface area (TPSA) is 43.9 Å². The van der Waals surface area contributed by atoms with Gasteiger partial charge >= 0.3 is 0 Å². The molecule has 0 spiro atoms. The fraction of sp³-hybridized carbons (Fsp3) is 0.167. The Hall–Kier alpha value is -1.59. The van der Waals surface area contributed by atoms with Crippen LogP contribution < -0.4 is 0 Å². The number of hydrogen-bond acceptors (Lipinski definition) is 3. The molecule has 98 valence electrons. The summed E-state index contributed by atoms with van der Waals surface area (Å²) >= 11 is 11.6. The molecule has 0 aliphatic carbocycles. The van der Waals surface area contributed by atoms with Gasteiger partial charge in [-0.05, 0) is 6.07 Å². The van der Waals surface area contributed by atoms with E-state index in [1.807, 2.05) is 0 Å². The van der Waals surface area contributed by atoms with Crippen LogP contribution in [0.15, 0.2) is 29.0 Å². The van der Waals surface area contributed by atoms with Crippen LogP contribution in [0.25, 0.3) is 11.0 Å². The van der Waals surface area contributed by atoms with Crippen molar-refractivity contribution in [3.05, 3.63) is 46.8 Å². The first-order valence-electron chi connectivity index (χ1n) is 5.48. The summed E-state index contributed by atoms with van der Waals surface area (Å²) in [5, 5.41) is 3.87. The van der Waals surface area contributed by atoms with Crippen LogP contribution in [0.5, 0.6) is 0 Å². The molecule has 0 atom stereocenters. The van der Waals surface area contributed by atoms with Crippen molar-refractivity contribution in [2.45, 2.75) is 12.4 Å². The van der Waals surface area contributed by atoms with E-state index in [-0.39, 0.29) is 10.9 Å². The third-order valence-electron chi connectivity index (χ3n) is 2.80. The predicted octanol–water partition coefficient (Wildman–Crippen LogP) is 3.60. The molecule has 7 heteroatoms. The molecular weight excluding hydrogens is 292 g/mol. The Morgan fingerprint density at radius 2 is 2.21 bits per heavy atom. The Kier molecular flexibility index (Phi) is 3.16. The van der Waals surface area contributed by atoms with E-state index < -0.39 is 5.82 Å². The maximum absolute atomic E-state index is 13.6. The lowest BCUT2D eigenvalue weighted by atomic mass is 10.3. The van der Waals surface area contributed by atoms with Crippen LogP contribution in [0.1, 0.15) is 11.5 Å². The Balaban J connectivity index is 2.17. The first kappa shape index (κ1) is 12.4. The quantitative estimate of drug-likeness (QED) is 0.694. The van der Waals surface area contributed by atoms with E-state index in [0.29, 0.717) is 29.1 Å². The molecule has 19 heavy (non-hydrogen) atoms. The van der Waals surface area contributed by atoms with Crippen LogP contribution in [0, 0.1) is 5.82 Å². The van der Waals surface area contributed by atoms with Crippen molar-refractivity contribution in [3.8, 4) is 0 Å². The normalized spacial score (nSPS) is 11.3. The van der Waals surface area contributed by atoms with Gasteiger partial charge in [-0.2, -0.15) is 0 Å². The fourth-order valence-electron chi connectivity index (χ4n) is 1.93. The SMILES string of the molecule is Fc1cc2c(cc1Cl)nc(CCl)n2Cc1ccon1. The first-order chi connectivity index (χ1) is 9.19. The highest BCUT2D eigenvalue weighted by Gasteiger charge is 2.14. The average Bonchev–Trinajstić information content (AvgIpc) is 3.00. The molecule has 2 heterocycles. The standard InChI is InChI=1S/C12H8Cl2FN3O/c13-5-12-16-10-3-8(14)9(15)4-11(10)18(12)6-7-1-2-19-17-7/h1-4H,5-6H2. The van der Waals surface area contributed by atoms with E-state index in [2.05, 4.69) is 10.1 Å². The third kappa shape index (κ3) is 2.19. The van der Waals surface area contributed by atoms with Gasteiger partial charge in [-0.15, -0.1) is 11.6 Å². The number of aromatic nitrogens is 3. The van der Waals surface area contributed by atoms with Gasteiger partial charge in [0.2, 0.25) is 0 Å². The van der Waals surface area contributed by atoms with Crippen molar-refractivity contribution >= 4 is 34.2 Å². The van der Waals surface area contributed by atoms with Gasteiger partial charge in [0.25, 0.3) is 0 Å². The van der Waals surface area contributed by atoms with Gasteiger partial charge in [0.15, 0.2) is 0 Å². The Bertz CT molecular complexity index is 724. The lowest BCUT2D eigenvalue weighted by Crippen LogP contribution is -2.04. The van der Waals surface area contributed by atoms with E-state index in [9.17, 15) is 4.39 Å². The molecular formula is C12H8Cl2FN3O. The average molecular weight is 300 g/mol. The minimum atomic E-state index is -0.489. The number of fused-ring (bicyclic) bond motifs is 1. The number of benzene rings is 1. The molecule has 0 radical (unpaired) electrons. The number of halogens is 3. The predicted molar refractivity (Wildman–Crippen MR) is 69.9 cm³/mol. The van der Waals surface area contributed by atoms with Crippen molar-refractivity contribution in [2.24, 2.45) is 0 Å². The summed E-state index contributed by atoms with van der Waals surface area (Å²) in [6.07, 6.45) is 1.48. The molecule has 0 aliphatic heterocycles. The number of hydrogen-bond donors (Lipinski definition) is 0. The largest absolute Gasteiger partial charge is 0.364 e. The zero-order valence-corrected chi connectivity index (χ0v) is 11.1. The van der Waals surface area contributed by atoms with E-state index in [1.165, 1.54) is 18.4 Å². The minimum Gasteiger partial charge on any atom is -0.364 e. The van der Waals surface area contributed by atoms with E-state index in [4.69, 9.17) is 27.7 Å². The summed E-state index contributed by atoms with van der Waals surface area (Å²) in [7, 11) is 0. The highest BCUT2D eigenvalue weighted by atomic mass is 35.5. The fourth-order valence-corrected chi connectivity index (χ4v) is 2.29. The van der Waals surface area contributed by atoms with E-state index in [1.54, 1.807) is 10.6 Å². The van der Waals surface area contributed by atoms with Crippen LogP contribution in [-0.4, -0.2) is 14.7 Å². The Morgan fingerprint density at radius 1 is 1.37 bits per heavy atom. The molecule has 0 unspecified atom stereocenters. The van der Waals surface area contributed by atoms with Gasteiger partial charge in [-0.1, -0.05) is 16.8 Å². The summed E-state index contributed by atoms with van der Waals surface area (Å²) in [4.78, 5) is 4.34. The summed E-state index contributed by atoms with van der Waals surface area (Å²) < 4.78 is 20.2. The maximum atomic E-state index is 13.6. The van der Waals surface area contributed by atoms with Crippen molar-refractivity contribution in [3.63, 3.8) is 0 Å². The Labute approximate surface area is 117 Å². The molecule has 0 N–H and O–H groups in total. The molecule has 0 aliphatic rings. The molecule has 0 saturated heterocycles. The molecule has 4 nitrogen and oxygen atoms in total. The minimum absolute atomic E-state index is 0.0414. The van der Waals surface area contributed by atoms with Gasteiger partial charge in [0.1, 0.15) is 23.6 Å². The second kappa shape index (κ2) is 4.83. The van der Waals surface area contributed by atoms with E-state index in [0.717, 1.165) is 0 Å². The van der Waals surface area contributed by atoms with Gasteiger partial charge in [-0.25, -0.2) is 9.37 Å². The van der Waals surface area contributed by atoms with Crippen molar-refractivity contribution in [1.82, 2.24) is 14.7 Å². The molecule has 0 bridgehead atoms. The smallest absolute Gasteiger partial charge is 0.144 e. The number of rotatable bonds is 3. The second-order valence-corrected chi connectivity index (χ2v) is 4.67. The monoisotopic (exact) mass is 299 g/mol. The third-order valence-corrected chi connectivity index (χ3v) is 3.33. The van der Waals surface area contributed by atoms with Crippen molar-refractivity contribution in [2.75, 3.05) is 0 Å². The molecule has 0 fully saturated rings. The van der Waals surface area contributed by atoms with Crippen LogP contribution in [0.4, 0.5) is 4.39 Å². The van der Waals surface area contributed by atoms with Crippen LogP contribution in [-0.2, 0) is 12.4 Å². The van der Waals surface area contributed by atoms with Crippen LogP contribution in [0.2, 0.25) is 5.02 Å². The highest BCUT2D eigenvalue weighted by Crippen LogP contribution is 2.25. The lowest BCUT2D eigenvalue weighted by molar-refractivity contribution is 0.409. The number of nitrogens with zero attached hydrogens (tertiary/aromatic N) is 3. The second-order valence-electron chi connectivity index (χ2n) is 3.99. The van der Waals surface area contributed by atoms with Crippen molar-refractivity contribution < 1.29 is 8.91 Å². The van der Waals surface area contributed by atoms with Crippen LogP contribution in [0.3, 0.4) is 0 Å². The van der Waals surface area contributed by atoms with E-state index >= 15 is 0 Å². The summed E-state index contributed by atoms with van der Waals surface area (Å²) in [6, 6.07) is 4.57. The summed E-state index contributed by atoms with van der Waals surface area (Å²) in [6.45, 7) is 0.413. The summed E-state index contributed by atoms with van der Waals surface area (Å²) in [5.74, 6) is 0.351. The molecule has 1 aromatic carbocycles. The highest BCUT2D eigenvalue weighted by molar-refractivity contribution is 6.31. The maximum Gasteiger partial charge on any atom is 0.144 e. The van der Waals surface area contributed by atoms with Gasteiger partial charge in [0, 0.05) is 12.1 Å². The molecule has 0 saturated carbocycles. The molecule has 0 amide bonds. The molecule has 3 aromatic rings. The van der Waals surface area contributed by atoms with Crippen LogP contribution >= 0.6 is 23.2 Å². The van der Waals surface area contributed by atoms with Gasteiger partial charge in [0.05, 0.1) is 28.5 Å². The molecule has 2 aromatic heterocycles. The zero-order chi connectivity index (χ0) is 13.4. The lowest BCUT2D eigenvalue weighted by Gasteiger charge is -2.05.